The molecule has 0 atom stereocenters. The molecular formula is C15H26N4. The Hall–Kier alpha value is -1.16. The number of aromatic nitrogens is 2. The van der Waals surface area contributed by atoms with Crippen LogP contribution in [-0.2, 0) is 13.0 Å². The van der Waals surface area contributed by atoms with Crippen molar-refractivity contribution in [2.45, 2.75) is 47.6 Å². The lowest BCUT2D eigenvalue weighted by Gasteiger charge is -2.30. The molecule has 19 heavy (non-hydrogen) atoms. The summed E-state index contributed by atoms with van der Waals surface area (Å²) in [6, 6.07) is 0. The number of nitrogens with zero attached hydrogens (tertiary/aromatic N) is 2. The van der Waals surface area contributed by atoms with Crippen molar-refractivity contribution in [2.75, 3.05) is 18.4 Å². The maximum atomic E-state index is 4.59. The zero-order valence-corrected chi connectivity index (χ0v) is 12.8. The highest BCUT2D eigenvalue weighted by Crippen LogP contribution is 2.27. The molecule has 1 aliphatic heterocycles. The van der Waals surface area contributed by atoms with Crippen LogP contribution in [0.2, 0.25) is 0 Å². The first kappa shape index (κ1) is 14.3. The molecule has 0 saturated carbocycles. The molecule has 0 unspecified atom stereocenters. The quantitative estimate of drug-likeness (QED) is 0.875. The predicted molar refractivity (Wildman–Crippen MR) is 79.3 cm³/mol. The van der Waals surface area contributed by atoms with E-state index in [4.69, 9.17) is 0 Å². The smallest absolute Gasteiger partial charge is 0.134 e. The Morgan fingerprint density at radius 2 is 2.05 bits per heavy atom. The van der Waals surface area contributed by atoms with E-state index in [1.54, 1.807) is 0 Å². The van der Waals surface area contributed by atoms with Crippen molar-refractivity contribution >= 4 is 5.82 Å². The number of hydrogen-bond acceptors (Lipinski definition) is 4. The number of fused-ring (bicyclic) bond motifs is 1. The van der Waals surface area contributed by atoms with Crippen molar-refractivity contribution in [3.05, 3.63) is 17.1 Å². The lowest BCUT2D eigenvalue weighted by Crippen LogP contribution is -2.31. The Labute approximate surface area is 116 Å². The van der Waals surface area contributed by atoms with Crippen LogP contribution in [0.25, 0.3) is 0 Å². The average molecular weight is 262 g/mol. The van der Waals surface area contributed by atoms with Crippen LogP contribution in [0, 0.1) is 18.3 Å². The lowest BCUT2D eigenvalue weighted by molar-refractivity contribution is 0.269. The maximum Gasteiger partial charge on any atom is 0.134 e. The van der Waals surface area contributed by atoms with Crippen LogP contribution in [0.3, 0.4) is 0 Å². The number of rotatable bonds is 4. The molecule has 0 aromatic carbocycles. The Bertz CT molecular complexity index is 452. The van der Waals surface area contributed by atoms with Crippen LogP contribution in [0.4, 0.5) is 5.82 Å². The van der Waals surface area contributed by atoms with E-state index in [0.717, 1.165) is 37.7 Å². The van der Waals surface area contributed by atoms with Gasteiger partial charge < -0.3 is 10.6 Å². The van der Waals surface area contributed by atoms with Gasteiger partial charge in [-0.05, 0) is 18.3 Å². The van der Waals surface area contributed by atoms with E-state index in [1.807, 2.05) is 6.92 Å². The second kappa shape index (κ2) is 5.45. The predicted octanol–water partition coefficient (Wildman–Crippen LogP) is 2.52. The minimum absolute atomic E-state index is 0.258. The minimum atomic E-state index is 0.258. The molecule has 0 spiro atoms. The molecule has 0 amide bonds. The fourth-order valence-corrected chi connectivity index (χ4v) is 2.13. The molecule has 2 heterocycles. The molecule has 1 aromatic rings. The summed E-state index contributed by atoms with van der Waals surface area (Å²) in [7, 11) is 0. The fraction of sp³-hybridized carbons (Fsp3) is 0.733. The normalized spacial score (nSPS) is 15.5. The van der Waals surface area contributed by atoms with Crippen LogP contribution in [0.5, 0.6) is 0 Å². The maximum absolute atomic E-state index is 4.59. The molecule has 1 aromatic heterocycles. The monoisotopic (exact) mass is 262 g/mol. The van der Waals surface area contributed by atoms with Gasteiger partial charge in [-0.3, -0.25) is 0 Å². The van der Waals surface area contributed by atoms with Crippen molar-refractivity contribution in [1.82, 2.24) is 15.3 Å². The zero-order chi connectivity index (χ0) is 14.0. The first-order chi connectivity index (χ1) is 8.90. The van der Waals surface area contributed by atoms with Gasteiger partial charge >= 0.3 is 0 Å². The molecule has 0 saturated heterocycles. The number of anilines is 1. The average Bonchev–Trinajstić information content (AvgIpc) is 2.35. The minimum Gasteiger partial charge on any atom is -0.369 e. The van der Waals surface area contributed by atoms with Gasteiger partial charge in [0.25, 0.3) is 0 Å². The molecule has 2 N–H and O–H groups in total. The van der Waals surface area contributed by atoms with Crippen LogP contribution in [-0.4, -0.2) is 23.1 Å². The van der Waals surface area contributed by atoms with E-state index < -0.39 is 0 Å². The second-order valence-electron chi connectivity index (χ2n) is 6.47. The van der Waals surface area contributed by atoms with E-state index in [9.17, 15) is 0 Å². The highest BCUT2D eigenvalue weighted by Gasteiger charge is 2.23. The van der Waals surface area contributed by atoms with Crippen molar-refractivity contribution < 1.29 is 0 Å². The SMILES string of the molecule is Cc1nc2c(c(NCC(C)(C)C(C)C)n1)CNCC2. The van der Waals surface area contributed by atoms with Gasteiger partial charge in [0, 0.05) is 31.6 Å². The molecule has 0 radical (unpaired) electrons. The van der Waals surface area contributed by atoms with Gasteiger partial charge in [0.2, 0.25) is 0 Å². The van der Waals surface area contributed by atoms with Crippen molar-refractivity contribution in [1.29, 1.82) is 0 Å². The highest BCUT2D eigenvalue weighted by molar-refractivity contribution is 5.47. The van der Waals surface area contributed by atoms with Crippen molar-refractivity contribution in [3.63, 3.8) is 0 Å². The summed E-state index contributed by atoms with van der Waals surface area (Å²) in [6.07, 6.45) is 1.00. The highest BCUT2D eigenvalue weighted by atomic mass is 15.1. The first-order valence-electron chi connectivity index (χ1n) is 7.21. The van der Waals surface area contributed by atoms with E-state index >= 15 is 0 Å². The van der Waals surface area contributed by atoms with E-state index in [1.165, 1.54) is 11.3 Å². The van der Waals surface area contributed by atoms with E-state index in [0.29, 0.717) is 5.92 Å². The lowest BCUT2D eigenvalue weighted by atomic mass is 9.81. The fourth-order valence-electron chi connectivity index (χ4n) is 2.13. The molecular weight excluding hydrogens is 236 g/mol. The summed E-state index contributed by atoms with van der Waals surface area (Å²) in [5, 5.41) is 6.94. The van der Waals surface area contributed by atoms with Crippen LogP contribution < -0.4 is 10.6 Å². The second-order valence-corrected chi connectivity index (χ2v) is 6.47. The zero-order valence-electron chi connectivity index (χ0n) is 12.8. The van der Waals surface area contributed by atoms with Crippen molar-refractivity contribution in [2.24, 2.45) is 11.3 Å². The van der Waals surface area contributed by atoms with Crippen LogP contribution >= 0.6 is 0 Å². The molecule has 2 rings (SSSR count). The summed E-state index contributed by atoms with van der Waals surface area (Å²) in [5.74, 6) is 2.52. The third-order valence-corrected chi connectivity index (χ3v) is 4.32. The van der Waals surface area contributed by atoms with Crippen LogP contribution in [0.15, 0.2) is 0 Å². The summed E-state index contributed by atoms with van der Waals surface area (Å²) in [6.45, 7) is 13.9. The molecule has 0 fully saturated rings. The van der Waals surface area contributed by atoms with Gasteiger partial charge in [0.1, 0.15) is 11.6 Å². The van der Waals surface area contributed by atoms with Gasteiger partial charge in [0.05, 0.1) is 5.69 Å². The third-order valence-electron chi connectivity index (χ3n) is 4.32. The Kier molecular flexibility index (Phi) is 4.09. The van der Waals surface area contributed by atoms with Gasteiger partial charge in [-0.2, -0.15) is 0 Å². The van der Waals surface area contributed by atoms with E-state index in [-0.39, 0.29) is 5.41 Å². The summed E-state index contributed by atoms with van der Waals surface area (Å²) >= 11 is 0. The Balaban J connectivity index is 2.18. The van der Waals surface area contributed by atoms with Gasteiger partial charge in [0.15, 0.2) is 0 Å². The number of hydrogen-bond donors (Lipinski definition) is 2. The van der Waals surface area contributed by atoms with Crippen molar-refractivity contribution in [3.8, 4) is 0 Å². The molecule has 4 heteroatoms. The molecule has 1 aliphatic rings. The van der Waals surface area contributed by atoms with Gasteiger partial charge in [-0.15, -0.1) is 0 Å². The molecule has 106 valence electrons. The number of aryl methyl sites for hydroxylation is 1. The summed E-state index contributed by atoms with van der Waals surface area (Å²) in [5.41, 5.74) is 2.71. The van der Waals surface area contributed by atoms with Gasteiger partial charge in [-0.1, -0.05) is 27.7 Å². The Morgan fingerprint density at radius 3 is 2.74 bits per heavy atom. The van der Waals surface area contributed by atoms with Gasteiger partial charge in [-0.25, -0.2) is 9.97 Å². The first-order valence-corrected chi connectivity index (χ1v) is 7.21. The topological polar surface area (TPSA) is 49.8 Å². The molecule has 0 bridgehead atoms. The Morgan fingerprint density at radius 1 is 1.32 bits per heavy atom. The largest absolute Gasteiger partial charge is 0.369 e. The van der Waals surface area contributed by atoms with E-state index in [2.05, 4.69) is 48.3 Å². The third kappa shape index (κ3) is 3.24. The standard InChI is InChI=1S/C15H26N4/c1-10(2)15(4,5)9-17-14-12-8-16-7-6-13(12)18-11(3)19-14/h10,16H,6-9H2,1-5H3,(H,17,18,19). The number of nitrogens with one attached hydrogen (secondary N) is 2. The van der Waals surface area contributed by atoms with Crippen LogP contribution in [0.1, 0.15) is 44.8 Å². The molecule has 0 aliphatic carbocycles. The molecule has 4 nitrogen and oxygen atoms in total. The summed E-state index contributed by atoms with van der Waals surface area (Å²) in [4.78, 5) is 9.15. The summed E-state index contributed by atoms with van der Waals surface area (Å²) < 4.78 is 0.